The number of hydrogen-bond donors (Lipinski definition) is 0. The Balaban J connectivity index is -0.000000140. The number of hydrogen-bond acceptors (Lipinski definition) is 0. The average Bonchev–Trinajstić information content (AvgIpc) is 2.85. The van der Waals surface area contributed by atoms with Crippen LogP contribution in [0.5, 0.6) is 0 Å². The van der Waals surface area contributed by atoms with Crippen LogP contribution >= 0.6 is 0 Å². The molecule has 0 aromatic rings. The van der Waals surface area contributed by atoms with E-state index in [0.717, 1.165) is 22.4 Å². The molecule has 2 heteroatoms. The van der Waals surface area contributed by atoms with Gasteiger partial charge in [-0.15, -0.1) is 12.8 Å². The normalized spacial score (nSPS) is 12.9. The molecule has 0 saturated carbocycles. The van der Waals surface area contributed by atoms with Gasteiger partial charge in [-0.2, -0.15) is 12.2 Å². The summed E-state index contributed by atoms with van der Waals surface area (Å²) in [5.74, 6) is 0. The molecule has 0 atom stereocenters. The van der Waals surface area contributed by atoms with Gasteiger partial charge in [0.1, 0.15) is 0 Å². The Morgan fingerprint density at radius 3 is 1.33 bits per heavy atom. The Bertz CT molecular complexity index is 161. The van der Waals surface area contributed by atoms with Crippen molar-refractivity contribution in [2.45, 2.75) is 33.4 Å². The van der Waals surface area contributed by atoms with Gasteiger partial charge >= 0.3 is 26.2 Å². The zero-order chi connectivity index (χ0) is 9.78. The van der Waals surface area contributed by atoms with Gasteiger partial charge in [-0.05, 0) is 0 Å². The molecule has 0 nitrogen and oxygen atoms in total. The van der Waals surface area contributed by atoms with Crippen LogP contribution in [0, 0.1) is 12.2 Å². The van der Waals surface area contributed by atoms with Gasteiger partial charge in [0.2, 0.25) is 0 Å². The molecule has 0 unspecified atom stereocenters. The molecule has 0 saturated heterocycles. The molecule has 0 bridgehead atoms. The van der Waals surface area contributed by atoms with Crippen molar-refractivity contribution in [2.75, 3.05) is 0 Å². The summed E-state index contributed by atoms with van der Waals surface area (Å²) in [7, 11) is 0.750. The molecule has 0 aliphatic heterocycles. The minimum absolute atomic E-state index is 0. The maximum absolute atomic E-state index is 2.99. The molecule has 0 aromatic carbocycles. The summed E-state index contributed by atoms with van der Waals surface area (Å²) in [5.41, 5.74) is 0. The van der Waals surface area contributed by atoms with Crippen LogP contribution in [0.4, 0.5) is 0 Å². The van der Waals surface area contributed by atoms with E-state index in [1.807, 2.05) is 24.3 Å². The van der Waals surface area contributed by atoms with Gasteiger partial charge in [0.05, 0.1) is 0 Å². The zero-order valence-corrected chi connectivity index (χ0v) is 12.6. The molecular weight excluding hydrogens is 275 g/mol. The first-order chi connectivity index (χ1) is 6.41. The molecule has 0 amide bonds. The van der Waals surface area contributed by atoms with E-state index < -0.39 is 0 Å². The van der Waals surface area contributed by atoms with Crippen molar-refractivity contribution in [3.05, 3.63) is 48.6 Å². The predicted molar refractivity (Wildman–Crippen MR) is 68.7 cm³/mol. The van der Waals surface area contributed by atoms with Gasteiger partial charge in [0.25, 0.3) is 0 Å². The van der Waals surface area contributed by atoms with Crippen LogP contribution in [-0.4, -0.2) is 9.52 Å². The van der Waals surface area contributed by atoms with Crippen molar-refractivity contribution in [1.82, 2.24) is 0 Å². The van der Waals surface area contributed by atoms with Gasteiger partial charge in [0, 0.05) is 9.52 Å². The Hall–Kier alpha value is 0.0600. The van der Waals surface area contributed by atoms with Gasteiger partial charge in [-0.25, -0.2) is 24.3 Å². The minimum atomic E-state index is 0. The molecule has 1 radical (unpaired) electrons. The van der Waals surface area contributed by atoms with Crippen LogP contribution in [0.15, 0.2) is 36.5 Å². The summed E-state index contributed by atoms with van der Waals surface area (Å²) in [6, 6.07) is 0. The molecule has 81 valence electrons. The third-order valence-electron chi connectivity index (χ3n) is 1.17. The van der Waals surface area contributed by atoms with Crippen molar-refractivity contribution in [2.24, 2.45) is 0 Å². The topological polar surface area (TPSA) is 0 Å². The van der Waals surface area contributed by atoms with Crippen LogP contribution in [0.2, 0.25) is 13.1 Å². The van der Waals surface area contributed by atoms with E-state index in [0.29, 0.717) is 0 Å². The Morgan fingerprint density at radius 2 is 1.27 bits per heavy atom. The minimum Gasteiger partial charge on any atom is -0.273 e. The van der Waals surface area contributed by atoms with Crippen molar-refractivity contribution >= 4 is 9.52 Å². The zero-order valence-electron chi connectivity index (χ0n) is 8.96. The molecule has 0 fully saturated rings. The molecule has 2 aliphatic carbocycles. The molecule has 0 N–H and O–H groups in total. The van der Waals surface area contributed by atoms with Crippen molar-refractivity contribution in [1.29, 1.82) is 0 Å². The Kier molecular flexibility index (Phi) is 26.8. The van der Waals surface area contributed by atoms with E-state index in [-0.39, 0.29) is 33.6 Å². The van der Waals surface area contributed by atoms with Crippen molar-refractivity contribution in [3.63, 3.8) is 0 Å². The van der Waals surface area contributed by atoms with E-state index in [2.05, 4.69) is 37.4 Å². The van der Waals surface area contributed by atoms with Crippen LogP contribution < -0.4 is 0 Å². The van der Waals surface area contributed by atoms with Gasteiger partial charge in [-0.3, -0.25) is 12.2 Å². The molecule has 0 spiro atoms. The smallest absolute Gasteiger partial charge is 0.273 e. The first-order valence-electron chi connectivity index (χ1n) is 4.59. The second kappa shape index (κ2) is 19.6. The number of allylic oxidation sites excluding steroid dienone is 8. The first-order valence-corrected chi connectivity index (χ1v) is 6.90. The second-order valence-corrected chi connectivity index (χ2v) is 3.74. The Morgan fingerprint density at radius 1 is 0.933 bits per heavy atom. The maximum atomic E-state index is 2.99. The summed E-state index contributed by atoms with van der Waals surface area (Å²) in [6.07, 6.45) is 20.0. The first kappa shape index (κ1) is 20.5. The molecule has 0 heterocycles. The summed E-state index contributed by atoms with van der Waals surface area (Å²) < 4.78 is 0. The fourth-order valence-electron chi connectivity index (χ4n) is 0.680. The van der Waals surface area contributed by atoms with Crippen molar-refractivity contribution < 1.29 is 26.2 Å². The average molecular weight is 297 g/mol. The van der Waals surface area contributed by atoms with Gasteiger partial charge in [0.15, 0.2) is 0 Å². The van der Waals surface area contributed by atoms with E-state index in [4.69, 9.17) is 0 Å². The molecule has 2 rings (SSSR count). The second-order valence-electron chi connectivity index (χ2n) is 2.58. The number of rotatable bonds is 0. The van der Waals surface area contributed by atoms with E-state index in [9.17, 15) is 0 Å². The van der Waals surface area contributed by atoms with Crippen LogP contribution in [0.1, 0.15) is 20.3 Å². The van der Waals surface area contributed by atoms with E-state index in [1.165, 1.54) is 0 Å². The van der Waals surface area contributed by atoms with E-state index in [1.54, 1.807) is 0 Å². The fraction of sp³-hybridized carbons (Fsp3) is 0.385. The summed E-state index contributed by atoms with van der Waals surface area (Å²) in [4.78, 5) is 0. The molecule has 0 aromatic heterocycles. The van der Waals surface area contributed by atoms with Gasteiger partial charge < -0.3 is 0 Å². The summed E-state index contributed by atoms with van der Waals surface area (Å²) in [6.45, 7) is 4.42. The van der Waals surface area contributed by atoms with Gasteiger partial charge in [-0.1, -0.05) is 20.5 Å². The quantitative estimate of drug-likeness (QED) is 0.471. The standard InChI is InChI=1S/2C5H5.C2H7Si.CH4.Zr/c2*1-2-4-5-3-1;1-3-2;;/h2*1-3H,4H2;3H,1-2H3;1H4;/q2*-1;;;+2. The Labute approximate surface area is 117 Å². The van der Waals surface area contributed by atoms with Crippen LogP contribution in [-0.2, 0) is 26.2 Å². The largest absolute Gasteiger partial charge is 2.00 e. The predicted octanol–water partition coefficient (Wildman–Crippen LogP) is 3.76. The molecule has 15 heavy (non-hydrogen) atoms. The molecular formula is C13H21SiZr. The third kappa shape index (κ3) is 20.2. The third-order valence-corrected chi connectivity index (χ3v) is 1.17. The fourth-order valence-corrected chi connectivity index (χ4v) is 0.680. The molecule has 2 aliphatic rings. The SMILES string of the molecule is C.C[SiH]C.[C-]1=CC=CC1.[C-]1=CC=CC1.[Zr+2]. The van der Waals surface area contributed by atoms with E-state index >= 15 is 0 Å². The van der Waals surface area contributed by atoms with Crippen molar-refractivity contribution in [3.8, 4) is 0 Å². The summed E-state index contributed by atoms with van der Waals surface area (Å²) in [5, 5.41) is 0. The van der Waals surface area contributed by atoms with Crippen LogP contribution in [0.25, 0.3) is 0 Å². The monoisotopic (exact) mass is 295 g/mol. The summed E-state index contributed by atoms with van der Waals surface area (Å²) >= 11 is 0. The van der Waals surface area contributed by atoms with Crippen LogP contribution in [0.3, 0.4) is 0 Å². The maximum Gasteiger partial charge on any atom is 2.00 e.